The number of pyridine rings is 2. The van der Waals surface area contributed by atoms with Gasteiger partial charge in [-0.15, -0.1) is 0 Å². The highest BCUT2D eigenvalue weighted by Crippen LogP contribution is 2.47. The lowest BCUT2D eigenvalue weighted by molar-refractivity contribution is -0.146. The molecule has 8 rings (SSSR count). The topological polar surface area (TPSA) is 249 Å². The normalized spacial score (nSPS) is 16.3. The molecule has 18 heteroatoms. The molecule has 0 saturated carbocycles. The van der Waals surface area contributed by atoms with Gasteiger partial charge in [0.1, 0.15) is 71.6 Å². The number of hydrogen-bond donors (Lipinski definition) is 6. The number of nitriles is 2. The summed E-state index contributed by atoms with van der Waals surface area (Å²) < 4.78 is 25.9. The van der Waals surface area contributed by atoms with Crippen molar-refractivity contribution in [1.29, 1.82) is 10.5 Å². The molecule has 16 nitrogen and oxygen atoms in total. The van der Waals surface area contributed by atoms with Crippen LogP contribution in [-0.4, -0.2) is 66.6 Å². The second-order valence-corrected chi connectivity index (χ2v) is 18.9. The summed E-state index contributed by atoms with van der Waals surface area (Å²) >= 11 is 13.8. The molecule has 370 valence electrons. The highest BCUT2D eigenvalue weighted by molar-refractivity contribution is 6.32. The summed E-state index contributed by atoms with van der Waals surface area (Å²) in [5, 5.41) is 64.5. The monoisotopic (exact) mass is 1010 g/mol. The van der Waals surface area contributed by atoms with Crippen molar-refractivity contribution in [3.63, 3.8) is 0 Å². The summed E-state index contributed by atoms with van der Waals surface area (Å²) in [7, 11) is 0. The van der Waals surface area contributed by atoms with Gasteiger partial charge >= 0.3 is 11.9 Å². The Hall–Kier alpha value is -7.28. The summed E-state index contributed by atoms with van der Waals surface area (Å²) in [5.41, 5.74) is 6.23. The van der Waals surface area contributed by atoms with Crippen LogP contribution < -0.4 is 29.6 Å². The minimum absolute atomic E-state index is 0.00899. The SMILES string of the molecule is C[C@@](CO)(NCc1cc(Cl)c(O[C@H]2CCc3c(-c4cccc5c4CC[C@@H]5Oc4cc(OCc5cncc(C#N)c5)c(CN[C@@](C)(CO)C(=O)O)cc4Cl)cccc32)cc1OCc1cncc(C#N)c1)C(=O)O. The van der Waals surface area contributed by atoms with E-state index in [1.807, 2.05) is 12.1 Å². The molecule has 0 saturated heterocycles. The fourth-order valence-electron chi connectivity index (χ4n) is 8.72. The van der Waals surface area contributed by atoms with Crippen LogP contribution in [0.15, 0.2) is 97.6 Å². The molecule has 4 aromatic carbocycles. The molecule has 0 bridgehead atoms. The van der Waals surface area contributed by atoms with E-state index < -0.39 is 36.2 Å². The lowest BCUT2D eigenvalue weighted by Crippen LogP contribution is -2.52. The first-order chi connectivity index (χ1) is 34.6. The van der Waals surface area contributed by atoms with Crippen molar-refractivity contribution in [2.75, 3.05) is 13.2 Å². The number of fused-ring (bicyclic) bond motifs is 2. The predicted octanol–water partition coefficient (Wildman–Crippen LogP) is 8.33. The quantitative estimate of drug-likeness (QED) is 0.0396. The zero-order chi connectivity index (χ0) is 51.2. The Morgan fingerprint density at radius 2 is 1.07 bits per heavy atom. The summed E-state index contributed by atoms with van der Waals surface area (Å²) in [4.78, 5) is 32.2. The average Bonchev–Trinajstić information content (AvgIpc) is 4.01. The predicted molar refractivity (Wildman–Crippen MR) is 265 cm³/mol. The van der Waals surface area contributed by atoms with Gasteiger partial charge in [0.2, 0.25) is 0 Å². The molecule has 0 radical (unpaired) electrons. The van der Waals surface area contributed by atoms with Crippen molar-refractivity contribution >= 4 is 35.1 Å². The number of ether oxygens (including phenoxy) is 4. The number of benzene rings is 4. The van der Waals surface area contributed by atoms with Crippen LogP contribution in [0.4, 0.5) is 0 Å². The van der Waals surface area contributed by atoms with E-state index in [0.29, 0.717) is 69.2 Å². The van der Waals surface area contributed by atoms with Crippen molar-refractivity contribution in [2.24, 2.45) is 0 Å². The summed E-state index contributed by atoms with van der Waals surface area (Å²) in [6.45, 7) is 1.51. The van der Waals surface area contributed by atoms with Gasteiger partial charge in [0.05, 0.1) is 34.4 Å². The molecule has 2 heterocycles. The number of aliphatic carboxylic acids is 2. The number of nitrogens with zero attached hydrogens (tertiary/aromatic N) is 4. The van der Waals surface area contributed by atoms with Gasteiger partial charge in [0.25, 0.3) is 0 Å². The Morgan fingerprint density at radius 3 is 1.44 bits per heavy atom. The zero-order valence-electron chi connectivity index (χ0n) is 39.2. The number of carboxylic acids is 2. The molecule has 2 aliphatic rings. The summed E-state index contributed by atoms with van der Waals surface area (Å²) in [6.07, 6.45) is 8.11. The second-order valence-electron chi connectivity index (χ2n) is 18.1. The summed E-state index contributed by atoms with van der Waals surface area (Å²) in [5.74, 6) is -1.02. The summed E-state index contributed by atoms with van der Waals surface area (Å²) in [6, 6.07) is 26.5. The molecule has 4 atom stereocenters. The lowest BCUT2D eigenvalue weighted by Gasteiger charge is -2.25. The molecule has 72 heavy (non-hydrogen) atoms. The van der Waals surface area contributed by atoms with Crippen LogP contribution in [0, 0.1) is 22.7 Å². The Bertz CT molecular complexity index is 2920. The third-order valence-corrected chi connectivity index (χ3v) is 13.6. The average molecular weight is 1010 g/mol. The minimum atomic E-state index is -1.63. The third-order valence-electron chi connectivity index (χ3n) is 13.0. The zero-order valence-corrected chi connectivity index (χ0v) is 40.8. The highest BCUT2D eigenvalue weighted by Gasteiger charge is 2.35. The van der Waals surface area contributed by atoms with Crippen molar-refractivity contribution in [1.82, 2.24) is 20.6 Å². The van der Waals surface area contributed by atoms with Gasteiger partial charge in [0, 0.05) is 72.3 Å². The molecule has 0 amide bonds. The molecular formula is C54H50Cl2N6O10. The van der Waals surface area contributed by atoms with E-state index in [-0.39, 0.29) is 48.6 Å². The van der Waals surface area contributed by atoms with Crippen LogP contribution in [0.5, 0.6) is 23.0 Å². The van der Waals surface area contributed by atoms with E-state index >= 15 is 0 Å². The van der Waals surface area contributed by atoms with Crippen LogP contribution in [0.3, 0.4) is 0 Å². The van der Waals surface area contributed by atoms with Gasteiger partial charge in [-0.1, -0.05) is 59.6 Å². The van der Waals surface area contributed by atoms with Crippen molar-refractivity contribution in [3.8, 4) is 46.3 Å². The lowest BCUT2D eigenvalue weighted by atomic mass is 9.91. The van der Waals surface area contributed by atoms with E-state index in [2.05, 4.69) is 57.0 Å². The number of nitrogens with one attached hydrogen (secondary N) is 2. The van der Waals surface area contributed by atoms with Crippen molar-refractivity contribution in [3.05, 3.63) is 163 Å². The number of aliphatic hydroxyl groups excluding tert-OH is 2. The van der Waals surface area contributed by atoms with E-state index in [4.69, 9.17) is 42.1 Å². The van der Waals surface area contributed by atoms with Gasteiger partial charge in [-0.25, -0.2) is 0 Å². The maximum Gasteiger partial charge on any atom is 0.326 e. The molecule has 6 N–H and O–H groups in total. The van der Waals surface area contributed by atoms with Gasteiger partial charge in [-0.2, -0.15) is 10.5 Å². The minimum Gasteiger partial charge on any atom is -0.488 e. The molecule has 0 fully saturated rings. The van der Waals surface area contributed by atoms with Crippen molar-refractivity contribution in [2.45, 2.75) is 89.1 Å². The fraction of sp³-hybridized carbons (Fsp3) is 0.296. The smallest absolute Gasteiger partial charge is 0.326 e. The number of carboxylic acid groups (broad SMARTS) is 2. The van der Waals surface area contributed by atoms with Crippen LogP contribution in [0.2, 0.25) is 10.0 Å². The third kappa shape index (κ3) is 11.1. The van der Waals surface area contributed by atoms with E-state index in [9.17, 15) is 40.5 Å². The number of aromatic nitrogens is 2. The Labute approximate surface area is 425 Å². The van der Waals surface area contributed by atoms with Gasteiger partial charge in [0.15, 0.2) is 0 Å². The van der Waals surface area contributed by atoms with Gasteiger partial charge in [-0.3, -0.25) is 30.2 Å². The maximum atomic E-state index is 12.0. The van der Waals surface area contributed by atoms with E-state index in [1.165, 1.54) is 26.2 Å². The standard InChI is InChI=1S/C54H50Cl2N6O10/c1-53(29-63,51(65)66)61-25-35-15-43(55)49(17-47(35)69-27-33-13-31(19-57)21-59-23-33)71-45-11-9-39-37(5-3-7-41(39)45)38-6-4-8-42-40(38)10-12-46(42)72-50-18-48(70-28-34-14-32(20-58)22-60-24-34)36(16-44(50)56)26-62-54(2,30-64)52(67)68/h3-8,13-18,21-24,45-46,61-64H,9-12,25-30H2,1-2H3,(H,65,66)(H,67,68)/t45-,46-,53-,54-/m0/s1. The van der Waals surface area contributed by atoms with Crippen LogP contribution in [0.25, 0.3) is 11.1 Å². The number of halogens is 2. The first-order valence-corrected chi connectivity index (χ1v) is 23.8. The maximum absolute atomic E-state index is 12.0. The first kappa shape index (κ1) is 51.1. The second kappa shape index (κ2) is 22.0. The number of hydrogen-bond acceptors (Lipinski definition) is 14. The molecule has 0 unspecified atom stereocenters. The van der Waals surface area contributed by atoms with Crippen LogP contribution >= 0.6 is 23.2 Å². The van der Waals surface area contributed by atoms with E-state index in [0.717, 1.165) is 46.2 Å². The largest absolute Gasteiger partial charge is 0.488 e. The van der Waals surface area contributed by atoms with E-state index in [1.54, 1.807) is 48.8 Å². The molecule has 2 aliphatic carbocycles. The van der Waals surface area contributed by atoms with Gasteiger partial charge < -0.3 is 39.4 Å². The molecule has 0 spiro atoms. The Morgan fingerprint density at radius 1 is 0.653 bits per heavy atom. The fourth-order valence-corrected chi connectivity index (χ4v) is 9.18. The molecule has 2 aromatic heterocycles. The van der Waals surface area contributed by atoms with Gasteiger partial charge in [-0.05, 0) is 97.2 Å². The number of carbonyl (C=O) groups is 2. The highest BCUT2D eigenvalue weighted by atomic mass is 35.5. The Balaban J connectivity index is 1.04. The molecule has 6 aromatic rings. The number of aliphatic hydroxyl groups is 2. The molecular weight excluding hydrogens is 964 g/mol. The molecule has 0 aliphatic heterocycles. The van der Waals surface area contributed by atoms with Crippen LogP contribution in [-0.2, 0) is 48.7 Å². The first-order valence-electron chi connectivity index (χ1n) is 23.0. The number of rotatable bonds is 21. The Kier molecular flexibility index (Phi) is 15.6. The van der Waals surface area contributed by atoms with Crippen LogP contribution in [0.1, 0.15) is 94.5 Å². The van der Waals surface area contributed by atoms with Crippen molar-refractivity contribution < 1.29 is 49.0 Å².